The lowest BCUT2D eigenvalue weighted by atomic mass is 10.2. The van der Waals surface area contributed by atoms with Crippen LogP contribution in [-0.2, 0) is 19.5 Å². The first kappa shape index (κ1) is 15.4. The maximum absolute atomic E-state index is 13.1. The molecule has 2 aromatic rings. The smallest absolute Gasteiger partial charge is 0.191 e. The van der Waals surface area contributed by atoms with Gasteiger partial charge < -0.3 is 10.6 Å². The lowest BCUT2D eigenvalue weighted by Crippen LogP contribution is -2.36. The van der Waals surface area contributed by atoms with Crippen LogP contribution >= 0.6 is 11.3 Å². The maximum atomic E-state index is 13.1. The number of guanidine groups is 1. The van der Waals surface area contributed by atoms with Gasteiger partial charge in [-0.15, -0.1) is 11.3 Å². The van der Waals surface area contributed by atoms with Crippen LogP contribution in [0.3, 0.4) is 0 Å². The van der Waals surface area contributed by atoms with Crippen molar-refractivity contribution in [3.05, 3.63) is 51.7 Å². The average Bonchev–Trinajstić information content (AvgIpc) is 2.95. The van der Waals surface area contributed by atoms with E-state index in [9.17, 15) is 4.39 Å². The summed E-state index contributed by atoms with van der Waals surface area (Å²) in [5.74, 6) is 0.444. The second-order valence-electron chi connectivity index (χ2n) is 4.48. The second kappa shape index (κ2) is 7.73. The van der Waals surface area contributed by atoms with Gasteiger partial charge in [0.1, 0.15) is 10.8 Å². The van der Waals surface area contributed by atoms with Crippen LogP contribution in [0.1, 0.15) is 22.4 Å². The molecule has 0 atom stereocenters. The third kappa shape index (κ3) is 4.82. The van der Waals surface area contributed by atoms with Crippen molar-refractivity contribution in [1.82, 2.24) is 15.6 Å². The van der Waals surface area contributed by atoms with Gasteiger partial charge in [-0.2, -0.15) is 0 Å². The minimum absolute atomic E-state index is 0.230. The predicted molar refractivity (Wildman–Crippen MR) is 84.9 cm³/mol. The molecular weight excluding hydrogens is 287 g/mol. The SMILES string of the molecule is CCc1cnc(CNC(=NC)NCc2cccc(F)c2)s1. The average molecular weight is 306 g/mol. The van der Waals surface area contributed by atoms with Crippen LogP contribution in [0.15, 0.2) is 35.5 Å². The number of aliphatic imine (C=N–C) groups is 1. The number of thiazole rings is 1. The van der Waals surface area contributed by atoms with Gasteiger partial charge in [-0.25, -0.2) is 9.37 Å². The predicted octanol–water partition coefficient (Wildman–Crippen LogP) is 2.71. The summed E-state index contributed by atoms with van der Waals surface area (Å²) in [5.41, 5.74) is 0.875. The summed E-state index contributed by atoms with van der Waals surface area (Å²) in [6.07, 6.45) is 2.91. The van der Waals surface area contributed by atoms with Crippen molar-refractivity contribution in [2.45, 2.75) is 26.4 Å². The first-order valence-electron chi connectivity index (χ1n) is 6.83. The summed E-state index contributed by atoms with van der Waals surface area (Å²) in [6, 6.07) is 6.51. The molecule has 0 fully saturated rings. The molecule has 4 nitrogen and oxygen atoms in total. The van der Waals surface area contributed by atoms with Crippen molar-refractivity contribution in [3.8, 4) is 0 Å². The summed E-state index contributed by atoms with van der Waals surface area (Å²) in [6.45, 7) is 3.27. The zero-order chi connectivity index (χ0) is 15.1. The highest BCUT2D eigenvalue weighted by Crippen LogP contribution is 2.12. The summed E-state index contributed by atoms with van der Waals surface area (Å²) in [5, 5.41) is 7.38. The largest absolute Gasteiger partial charge is 0.352 e. The summed E-state index contributed by atoms with van der Waals surface area (Å²) >= 11 is 1.70. The van der Waals surface area contributed by atoms with Gasteiger partial charge in [0.05, 0.1) is 6.54 Å². The van der Waals surface area contributed by atoms with Crippen LogP contribution in [0.2, 0.25) is 0 Å². The van der Waals surface area contributed by atoms with Crippen molar-refractivity contribution in [2.24, 2.45) is 4.99 Å². The number of nitrogens with zero attached hydrogens (tertiary/aromatic N) is 2. The zero-order valence-corrected chi connectivity index (χ0v) is 13.0. The van der Waals surface area contributed by atoms with Gasteiger partial charge in [-0.05, 0) is 24.1 Å². The Morgan fingerprint density at radius 2 is 2.14 bits per heavy atom. The van der Waals surface area contributed by atoms with Gasteiger partial charge in [-0.3, -0.25) is 4.99 Å². The van der Waals surface area contributed by atoms with Crippen molar-refractivity contribution >= 4 is 17.3 Å². The number of nitrogens with one attached hydrogen (secondary N) is 2. The van der Waals surface area contributed by atoms with E-state index >= 15 is 0 Å². The molecule has 2 rings (SSSR count). The normalized spacial score (nSPS) is 11.5. The minimum Gasteiger partial charge on any atom is -0.352 e. The highest BCUT2D eigenvalue weighted by molar-refractivity contribution is 7.11. The number of hydrogen-bond acceptors (Lipinski definition) is 3. The van der Waals surface area contributed by atoms with Gasteiger partial charge in [0.25, 0.3) is 0 Å². The Labute approximate surface area is 128 Å². The van der Waals surface area contributed by atoms with Gasteiger partial charge in [0, 0.05) is 24.7 Å². The first-order valence-corrected chi connectivity index (χ1v) is 7.65. The molecule has 0 aliphatic rings. The molecule has 0 aliphatic carbocycles. The van der Waals surface area contributed by atoms with E-state index in [4.69, 9.17) is 0 Å². The van der Waals surface area contributed by atoms with E-state index in [1.165, 1.54) is 17.0 Å². The molecule has 0 amide bonds. The van der Waals surface area contributed by atoms with E-state index in [2.05, 4.69) is 27.5 Å². The Morgan fingerprint density at radius 3 is 2.81 bits per heavy atom. The van der Waals surface area contributed by atoms with E-state index in [0.29, 0.717) is 19.0 Å². The minimum atomic E-state index is -0.230. The van der Waals surface area contributed by atoms with Crippen molar-refractivity contribution in [1.29, 1.82) is 0 Å². The number of rotatable bonds is 5. The molecule has 6 heteroatoms. The topological polar surface area (TPSA) is 49.3 Å². The van der Waals surface area contributed by atoms with Crippen molar-refractivity contribution in [3.63, 3.8) is 0 Å². The van der Waals surface area contributed by atoms with E-state index in [-0.39, 0.29) is 5.82 Å². The fourth-order valence-corrected chi connectivity index (χ4v) is 2.61. The van der Waals surface area contributed by atoms with E-state index in [0.717, 1.165) is 17.0 Å². The number of benzene rings is 1. The van der Waals surface area contributed by atoms with Gasteiger partial charge in [0.15, 0.2) is 5.96 Å². The summed E-state index contributed by atoms with van der Waals surface area (Å²) in [4.78, 5) is 9.76. The van der Waals surface area contributed by atoms with Crippen molar-refractivity contribution in [2.75, 3.05) is 7.05 Å². The standard InChI is InChI=1S/C15H19FN4S/c1-3-13-9-18-14(21-13)10-20-15(17-2)19-8-11-5-4-6-12(16)7-11/h4-7,9H,3,8,10H2,1-2H3,(H2,17,19,20). The molecule has 0 aliphatic heterocycles. The van der Waals surface area contributed by atoms with Gasteiger partial charge in [0.2, 0.25) is 0 Å². The molecular formula is C15H19FN4S. The number of aromatic nitrogens is 1. The first-order chi connectivity index (χ1) is 10.2. The monoisotopic (exact) mass is 306 g/mol. The van der Waals surface area contributed by atoms with E-state index < -0.39 is 0 Å². The van der Waals surface area contributed by atoms with E-state index in [1.807, 2.05) is 12.3 Å². The van der Waals surface area contributed by atoms with E-state index in [1.54, 1.807) is 24.5 Å². The van der Waals surface area contributed by atoms with Crippen LogP contribution in [0, 0.1) is 5.82 Å². The van der Waals surface area contributed by atoms with Gasteiger partial charge >= 0.3 is 0 Å². The summed E-state index contributed by atoms with van der Waals surface area (Å²) < 4.78 is 13.1. The van der Waals surface area contributed by atoms with Crippen molar-refractivity contribution < 1.29 is 4.39 Å². The molecule has 21 heavy (non-hydrogen) atoms. The van der Waals surface area contributed by atoms with Crippen LogP contribution in [0.4, 0.5) is 4.39 Å². The van der Waals surface area contributed by atoms with Gasteiger partial charge in [-0.1, -0.05) is 19.1 Å². The highest BCUT2D eigenvalue weighted by atomic mass is 32.1. The molecule has 2 N–H and O–H groups in total. The Hall–Kier alpha value is -1.95. The molecule has 112 valence electrons. The highest BCUT2D eigenvalue weighted by Gasteiger charge is 2.03. The molecule has 1 heterocycles. The molecule has 1 aromatic heterocycles. The van der Waals surface area contributed by atoms with Crippen LogP contribution in [0.25, 0.3) is 0 Å². The molecule has 0 spiro atoms. The third-order valence-corrected chi connectivity index (χ3v) is 4.07. The molecule has 0 radical (unpaired) electrons. The number of hydrogen-bond donors (Lipinski definition) is 2. The summed E-state index contributed by atoms with van der Waals surface area (Å²) in [7, 11) is 1.71. The lowest BCUT2D eigenvalue weighted by Gasteiger charge is -2.10. The Kier molecular flexibility index (Phi) is 5.68. The quantitative estimate of drug-likeness (QED) is 0.659. The molecule has 0 saturated heterocycles. The Morgan fingerprint density at radius 1 is 1.33 bits per heavy atom. The molecule has 0 bridgehead atoms. The fraction of sp³-hybridized carbons (Fsp3) is 0.333. The fourth-order valence-electron chi connectivity index (χ4n) is 1.81. The Bertz CT molecular complexity index is 609. The zero-order valence-electron chi connectivity index (χ0n) is 12.2. The second-order valence-corrected chi connectivity index (χ2v) is 5.68. The number of halogens is 1. The Balaban J connectivity index is 1.83. The number of aryl methyl sites for hydroxylation is 1. The molecule has 0 saturated carbocycles. The molecule has 1 aromatic carbocycles. The maximum Gasteiger partial charge on any atom is 0.191 e. The van der Waals surface area contributed by atoms with Crippen LogP contribution < -0.4 is 10.6 Å². The third-order valence-electron chi connectivity index (χ3n) is 2.93. The lowest BCUT2D eigenvalue weighted by molar-refractivity contribution is 0.624. The van der Waals surface area contributed by atoms with Crippen LogP contribution in [0.5, 0.6) is 0 Å². The van der Waals surface area contributed by atoms with Crippen LogP contribution in [-0.4, -0.2) is 18.0 Å². The molecule has 0 unspecified atom stereocenters.